The summed E-state index contributed by atoms with van der Waals surface area (Å²) in [5.41, 5.74) is 0.156. The molecule has 0 unspecified atom stereocenters. The fraction of sp³-hybridized carbons (Fsp3) is 0.231. The van der Waals surface area contributed by atoms with Gasteiger partial charge in [-0.3, -0.25) is 13.9 Å². The lowest BCUT2D eigenvalue weighted by atomic mass is 10.2. The molecular formula is C13H14N2O3. The summed E-state index contributed by atoms with van der Waals surface area (Å²) in [6.07, 6.45) is 0. The van der Waals surface area contributed by atoms with Gasteiger partial charge in [0.1, 0.15) is 0 Å². The van der Waals surface area contributed by atoms with Crippen molar-refractivity contribution >= 4 is 0 Å². The van der Waals surface area contributed by atoms with Gasteiger partial charge in [-0.1, -0.05) is 30.3 Å². The Bertz CT molecular complexity index is 656. The van der Waals surface area contributed by atoms with Gasteiger partial charge in [-0.05, 0) is 5.56 Å². The molecule has 5 nitrogen and oxygen atoms in total. The van der Waals surface area contributed by atoms with E-state index in [1.807, 2.05) is 30.3 Å². The molecule has 0 aliphatic rings. The minimum atomic E-state index is -0.386. The Morgan fingerprint density at radius 1 is 1.17 bits per heavy atom. The van der Waals surface area contributed by atoms with Crippen LogP contribution in [0.2, 0.25) is 0 Å². The van der Waals surface area contributed by atoms with Gasteiger partial charge in [0.25, 0.3) is 5.56 Å². The summed E-state index contributed by atoms with van der Waals surface area (Å²) in [6, 6.07) is 10.7. The highest BCUT2D eigenvalue weighted by Crippen LogP contribution is 2.02. The van der Waals surface area contributed by atoms with E-state index >= 15 is 0 Å². The van der Waals surface area contributed by atoms with Crippen LogP contribution in [0.3, 0.4) is 0 Å². The van der Waals surface area contributed by atoms with E-state index in [0.717, 1.165) is 5.56 Å². The molecule has 1 aromatic heterocycles. The first-order valence-electron chi connectivity index (χ1n) is 5.52. The molecular weight excluding hydrogens is 232 g/mol. The highest BCUT2D eigenvalue weighted by atomic mass is 16.5. The van der Waals surface area contributed by atoms with Crippen LogP contribution in [0.1, 0.15) is 5.56 Å². The molecule has 5 heteroatoms. The molecule has 1 heterocycles. The Hall–Kier alpha value is -2.30. The molecule has 1 aromatic carbocycles. The molecule has 0 fully saturated rings. The van der Waals surface area contributed by atoms with Crippen molar-refractivity contribution in [1.82, 2.24) is 9.13 Å². The van der Waals surface area contributed by atoms with Crippen LogP contribution in [-0.4, -0.2) is 16.2 Å². The second-order valence-electron chi connectivity index (χ2n) is 3.94. The third-order valence-electron chi connectivity index (χ3n) is 2.75. The van der Waals surface area contributed by atoms with Crippen molar-refractivity contribution in [1.29, 1.82) is 0 Å². The highest BCUT2D eigenvalue weighted by Gasteiger charge is 2.08. The van der Waals surface area contributed by atoms with Gasteiger partial charge in [-0.2, -0.15) is 0 Å². The van der Waals surface area contributed by atoms with E-state index in [-0.39, 0.29) is 23.7 Å². The summed E-state index contributed by atoms with van der Waals surface area (Å²) in [5.74, 6) is 0.259. The third-order valence-corrected chi connectivity index (χ3v) is 2.75. The van der Waals surface area contributed by atoms with Crippen molar-refractivity contribution < 1.29 is 4.74 Å². The SMILES string of the molecule is COc1cc(=O)n(Cc2ccccc2)c(=O)n1C. The summed E-state index contributed by atoms with van der Waals surface area (Å²) in [7, 11) is 3.00. The quantitative estimate of drug-likeness (QED) is 0.797. The van der Waals surface area contributed by atoms with Crippen molar-refractivity contribution in [2.24, 2.45) is 7.05 Å². The number of methoxy groups -OCH3 is 1. The monoisotopic (exact) mass is 246 g/mol. The zero-order valence-electron chi connectivity index (χ0n) is 10.3. The maximum absolute atomic E-state index is 12.0. The molecule has 18 heavy (non-hydrogen) atoms. The number of hydrogen-bond donors (Lipinski definition) is 0. The van der Waals surface area contributed by atoms with Crippen molar-refractivity contribution in [3.63, 3.8) is 0 Å². The standard InChI is InChI=1S/C13H14N2O3/c1-14-12(18-2)8-11(16)15(13(14)17)9-10-6-4-3-5-7-10/h3-8H,9H2,1-2H3. The molecule has 0 spiro atoms. The van der Waals surface area contributed by atoms with Gasteiger partial charge in [0, 0.05) is 7.05 Å². The van der Waals surface area contributed by atoms with Crippen LogP contribution in [0.25, 0.3) is 0 Å². The second kappa shape index (κ2) is 4.91. The zero-order chi connectivity index (χ0) is 13.1. The summed E-state index contributed by atoms with van der Waals surface area (Å²) in [5, 5.41) is 0. The number of rotatable bonds is 3. The first-order chi connectivity index (χ1) is 8.63. The molecule has 0 atom stereocenters. The van der Waals surface area contributed by atoms with E-state index in [4.69, 9.17) is 4.74 Å². The molecule has 94 valence electrons. The molecule has 0 amide bonds. The van der Waals surface area contributed by atoms with Crippen LogP contribution in [0.5, 0.6) is 5.88 Å². The summed E-state index contributed by atoms with van der Waals surface area (Å²) < 4.78 is 7.45. The topological polar surface area (TPSA) is 53.2 Å². The minimum absolute atomic E-state index is 0.259. The first-order valence-corrected chi connectivity index (χ1v) is 5.52. The van der Waals surface area contributed by atoms with Gasteiger partial charge in [0.05, 0.1) is 19.7 Å². The summed E-state index contributed by atoms with van der Waals surface area (Å²) in [4.78, 5) is 23.9. The molecule has 0 aliphatic heterocycles. The molecule has 2 aromatic rings. The van der Waals surface area contributed by atoms with Gasteiger partial charge in [0.2, 0.25) is 5.88 Å². The average Bonchev–Trinajstić information content (AvgIpc) is 2.40. The van der Waals surface area contributed by atoms with Crippen LogP contribution < -0.4 is 16.0 Å². The Balaban J connectivity index is 2.50. The smallest absolute Gasteiger partial charge is 0.333 e. The molecule has 0 N–H and O–H groups in total. The number of hydrogen-bond acceptors (Lipinski definition) is 3. The Kier molecular flexibility index (Phi) is 3.32. The normalized spacial score (nSPS) is 10.3. The molecule has 0 saturated carbocycles. The molecule has 2 rings (SSSR count). The first kappa shape index (κ1) is 12.2. The molecule has 0 aliphatic carbocycles. The van der Waals surface area contributed by atoms with Crippen LogP contribution >= 0.6 is 0 Å². The number of nitrogens with zero attached hydrogens (tertiary/aromatic N) is 2. The number of aromatic nitrogens is 2. The predicted molar refractivity (Wildman–Crippen MR) is 68.0 cm³/mol. The Morgan fingerprint density at radius 3 is 2.44 bits per heavy atom. The molecule has 0 saturated heterocycles. The van der Waals surface area contributed by atoms with E-state index in [1.165, 1.54) is 22.3 Å². The predicted octanol–water partition coefficient (Wildman–Crippen LogP) is 0.604. The van der Waals surface area contributed by atoms with E-state index in [1.54, 1.807) is 7.05 Å². The van der Waals surface area contributed by atoms with Crippen molar-refractivity contribution in [3.05, 3.63) is 62.8 Å². The van der Waals surface area contributed by atoms with Gasteiger partial charge < -0.3 is 4.74 Å². The summed E-state index contributed by atoms with van der Waals surface area (Å²) in [6.45, 7) is 0.260. The van der Waals surface area contributed by atoms with Crippen LogP contribution in [-0.2, 0) is 13.6 Å². The van der Waals surface area contributed by atoms with Gasteiger partial charge in [-0.15, -0.1) is 0 Å². The molecule has 0 radical (unpaired) electrons. The van der Waals surface area contributed by atoms with Crippen LogP contribution in [0.4, 0.5) is 0 Å². The van der Waals surface area contributed by atoms with E-state index in [9.17, 15) is 9.59 Å². The fourth-order valence-corrected chi connectivity index (χ4v) is 1.76. The van der Waals surface area contributed by atoms with Crippen LogP contribution in [0.15, 0.2) is 46.0 Å². The van der Waals surface area contributed by atoms with E-state index in [0.29, 0.717) is 0 Å². The second-order valence-corrected chi connectivity index (χ2v) is 3.94. The average molecular weight is 246 g/mol. The van der Waals surface area contributed by atoms with Gasteiger partial charge in [0.15, 0.2) is 0 Å². The Morgan fingerprint density at radius 2 is 1.83 bits per heavy atom. The summed E-state index contributed by atoms with van der Waals surface area (Å²) >= 11 is 0. The zero-order valence-corrected chi connectivity index (χ0v) is 10.3. The van der Waals surface area contributed by atoms with Crippen LogP contribution in [0, 0.1) is 0 Å². The lowest BCUT2D eigenvalue weighted by Gasteiger charge is -2.10. The molecule has 0 bridgehead atoms. The van der Waals surface area contributed by atoms with Crippen molar-refractivity contribution in [2.75, 3.05) is 7.11 Å². The lowest BCUT2D eigenvalue weighted by molar-refractivity contribution is 0.367. The maximum Gasteiger partial charge on any atom is 0.333 e. The number of benzene rings is 1. The van der Waals surface area contributed by atoms with E-state index in [2.05, 4.69) is 0 Å². The lowest BCUT2D eigenvalue weighted by Crippen LogP contribution is -2.39. The number of ether oxygens (including phenoxy) is 1. The van der Waals surface area contributed by atoms with Gasteiger partial charge in [-0.25, -0.2) is 4.79 Å². The van der Waals surface area contributed by atoms with Crippen molar-refractivity contribution in [2.45, 2.75) is 6.54 Å². The largest absolute Gasteiger partial charge is 0.482 e. The highest BCUT2D eigenvalue weighted by molar-refractivity contribution is 5.16. The maximum atomic E-state index is 12.0. The minimum Gasteiger partial charge on any atom is -0.482 e. The third kappa shape index (κ3) is 2.20. The Labute approximate surface area is 104 Å². The fourth-order valence-electron chi connectivity index (χ4n) is 1.76. The van der Waals surface area contributed by atoms with E-state index < -0.39 is 0 Å². The van der Waals surface area contributed by atoms with Gasteiger partial charge >= 0.3 is 5.69 Å². The van der Waals surface area contributed by atoms with Crippen molar-refractivity contribution in [3.8, 4) is 5.88 Å².